The van der Waals surface area contributed by atoms with Gasteiger partial charge in [0.05, 0.1) is 15.9 Å². The molecule has 1 saturated carbocycles. The molecular formula is C10H9NO5. The Labute approximate surface area is 90.3 Å². The number of nitro groups is 1. The summed E-state index contributed by atoms with van der Waals surface area (Å²) in [4.78, 5) is 21.2. The molecule has 16 heavy (non-hydrogen) atoms. The van der Waals surface area contributed by atoms with Crippen molar-refractivity contribution in [2.75, 3.05) is 0 Å². The summed E-state index contributed by atoms with van der Waals surface area (Å²) in [6.07, 6.45) is 0.735. The van der Waals surface area contributed by atoms with Gasteiger partial charge in [-0.2, -0.15) is 0 Å². The largest absolute Gasteiger partial charge is 0.508 e. The van der Waals surface area contributed by atoms with Crippen LogP contribution < -0.4 is 0 Å². The molecule has 0 aromatic heterocycles. The summed E-state index contributed by atoms with van der Waals surface area (Å²) < 4.78 is 0. The van der Waals surface area contributed by atoms with Crippen LogP contribution in [-0.4, -0.2) is 21.1 Å². The molecule has 0 saturated heterocycles. The van der Waals surface area contributed by atoms with E-state index in [0.717, 1.165) is 6.07 Å². The minimum absolute atomic E-state index is 0.0880. The van der Waals surface area contributed by atoms with E-state index in [1.165, 1.54) is 12.1 Å². The number of benzene rings is 1. The van der Waals surface area contributed by atoms with Gasteiger partial charge < -0.3 is 10.2 Å². The SMILES string of the molecule is O=C(O)C1(c2cc(O)ccc2[N+](=O)[O-])CC1. The molecule has 6 heteroatoms. The maximum absolute atomic E-state index is 11.1. The third-order valence-corrected chi connectivity index (χ3v) is 2.85. The predicted octanol–water partition coefficient (Wildman–Crippen LogP) is 1.42. The van der Waals surface area contributed by atoms with Gasteiger partial charge in [0, 0.05) is 6.07 Å². The molecular weight excluding hydrogens is 214 g/mol. The second kappa shape index (κ2) is 3.19. The van der Waals surface area contributed by atoms with Crippen molar-refractivity contribution in [2.45, 2.75) is 18.3 Å². The Morgan fingerprint density at radius 2 is 2.06 bits per heavy atom. The van der Waals surface area contributed by atoms with Gasteiger partial charge in [-0.05, 0) is 25.0 Å². The number of rotatable bonds is 3. The molecule has 1 aromatic rings. The standard InChI is InChI=1S/C10H9NO5/c12-6-1-2-8(11(15)16)7(5-6)10(3-4-10)9(13)14/h1-2,5,12H,3-4H2,(H,13,14). The average molecular weight is 223 g/mol. The number of nitro benzene ring substituents is 1. The van der Waals surface area contributed by atoms with Crippen molar-refractivity contribution >= 4 is 11.7 Å². The summed E-state index contributed by atoms with van der Waals surface area (Å²) in [7, 11) is 0. The topological polar surface area (TPSA) is 101 Å². The van der Waals surface area contributed by atoms with Crippen molar-refractivity contribution in [3.63, 3.8) is 0 Å². The van der Waals surface area contributed by atoms with E-state index >= 15 is 0 Å². The summed E-state index contributed by atoms with van der Waals surface area (Å²) in [6.45, 7) is 0. The third-order valence-electron chi connectivity index (χ3n) is 2.85. The fourth-order valence-corrected chi connectivity index (χ4v) is 1.79. The first-order chi connectivity index (χ1) is 7.47. The van der Waals surface area contributed by atoms with Gasteiger partial charge in [0.25, 0.3) is 5.69 Å². The minimum atomic E-state index is -1.18. The number of phenolic OH excluding ortho intramolecular Hbond substituents is 1. The van der Waals surface area contributed by atoms with Gasteiger partial charge in [-0.15, -0.1) is 0 Å². The molecule has 0 bridgehead atoms. The van der Waals surface area contributed by atoms with E-state index in [4.69, 9.17) is 5.11 Å². The summed E-state index contributed by atoms with van der Waals surface area (Å²) in [5, 5.41) is 29.1. The molecule has 0 amide bonds. The Morgan fingerprint density at radius 1 is 1.44 bits per heavy atom. The summed E-state index contributed by atoms with van der Waals surface area (Å²) in [5.41, 5.74) is -1.34. The maximum Gasteiger partial charge on any atom is 0.314 e. The zero-order valence-corrected chi connectivity index (χ0v) is 8.21. The van der Waals surface area contributed by atoms with E-state index in [9.17, 15) is 20.0 Å². The highest BCUT2D eigenvalue weighted by Crippen LogP contribution is 2.52. The van der Waals surface area contributed by atoms with Crippen molar-refractivity contribution < 1.29 is 19.9 Å². The van der Waals surface area contributed by atoms with Gasteiger partial charge in [-0.25, -0.2) is 0 Å². The Morgan fingerprint density at radius 3 is 2.50 bits per heavy atom. The van der Waals surface area contributed by atoms with Gasteiger partial charge in [0.15, 0.2) is 0 Å². The van der Waals surface area contributed by atoms with Crippen LogP contribution in [0.2, 0.25) is 0 Å². The van der Waals surface area contributed by atoms with E-state index < -0.39 is 16.3 Å². The highest BCUT2D eigenvalue weighted by Gasteiger charge is 2.55. The Bertz CT molecular complexity index is 478. The second-order valence-corrected chi connectivity index (χ2v) is 3.85. The van der Waals surface area contributed by atoms with E-state index in [1.54, 1.807) is 0 Å². The smallest absolute Gasteiger partial charge is 0.314 e. The molecule has 0 atom stereocenters. The van der Waals surface area contributed by atoms with Crippen LogP contribution >= 0.6 is 0 Å². The summed E-state index contributed by atoms with van der Waals surface area (Å²) in [6, 6.07) is 3.48. The van der Waals surface area contributed by atoms with Crippen LogP contribution in [0.4, 0.5) is 5.69 Å². The number of carboxylic acid groups (broad SMARTS) is 1. The lowest BCUT2D eigenvalue weighted by Crippen LogP contribution is -2.20. The van der Waals surface area contributed by atoms with Crippen molar-refractivity contribution in [2.24, 2.45) is 0 Å². The van der Waals surface area contributed by atoms with Crippen LogP contribution in [-0.2, 0) is 10.2 Å². The molecule has 0 radical (unpaired) electrons. The van der Waals surface area contributed by atoms with Gasteiger partial charge in [-0.3, -0.25) is 14.9 Å². The highest BCUT2D eigenvalue weighted by molar-refractivity contribution is 5.86. The lowest BCUT2D eigenvalue weighted by atomic mass is 9.94. The second-order valence-electron chi connectivity index (χ2n) is 3.85. The Balaban J connectivity index is 2.59. The number of aromatic hydroxyl groups is 1. The van der Waals surface area contributed by atoms with Crippen LogP contribution in [0.1, 0.15) is 18.4 Å². The molecule has 0 unspecified atom stereocenters. The van der Waals surface area contributed by atoms with Gasteiger partial charge in [-0.1, -0.05) is 0 Å². The highest BCUT2D eigenvalue weighted by atomic mass is 16.6. The quantitative estimate of drug-likeness (QED) is 0.596. The monoisotopic (exact) mass is 223 g/mol. The number of phenols is 1. The number of aliphatic carboxylic acids is 1. The molecule has 0 aliphatic heterocycles. The molecule has 1 aromatic carbocycles. The van der Waals surface area contributed by atoms with Crippen LogP contribution in [0, 0.1) is 10.1 Å². The molecule has 84 valence electrons. The lowest BCUT2D eigenvalue weighted by molar-refractivity contribution is -0.385. The van der Waals surface area contributed by atoms with Crippen LogP contribution in [0.25, 0.3) is 0 Å². The van der Waals surface area contributed by atoms with Crippen LogP contribution in [0.5, 0.6) is 5.75 Å². The zero-order chi connectivity index (χ0) is 11.9. The summed E-state index contributed by atoms with van der Waals surface area (Å²) >= 11 is 0. The van der Waals surface area contributed by atoms with E-state index in [2.05, 4.69) is 0 Å². The van der Waals surface area contributed by atoms with Crippen molar-refractivity contribution in [3.8, 4) is 5.75 Å². The lowest BCUT2D eigenvalue weighted by Gasteiger charge is -2.10. The van der Waals surface area contributed by atoms with Crippen LogP contribution in [0.15, 0.2) is 18.2 Å². The molecule has 0 heterocycles. The normalized spacial score (nSPS) is 16.8. The first-order valence-electron chi connectivity index (χ1n) is 4.69. The van der Waals surface area contributed by atoms with Crippen molar-refractivity contribution in [3.05, 3.63) is 33.9 Å². The third kappa shape index (κ3) is 1.39. The molecule has 1 aliphatic carbocycles. The molecule has 0 spiro atoms. The zero-order valence-electron chi connectivity index (χ0n) is 8.21. The molecule has 6 nitrogen and oxygen atoms in total. The Kier molecular flexibility index (Phi) is 2.08. The minimum Gasteiger partial charge on any atom is -0.508 e. The summed E-state index contributed by atoms with van der Waals surface area (Å²) in [5.74, 6) is -1.24. The van der Waals surface area contributed by atoms with Gasteiger partial charge >= 0.3 is 5.97 Å². The molecule has 2 N–H and O–H groups in total. The molecule has 2 rings (SSSR count). The number of hydrogen-bond acceptors (Lipinski definition) is 4. The fourth-order valence-electron chi connectivity index (χ4n) is 1.79. The average Bonchev–Trinajstić information content (AvgIpc) is 2.97. The van der Waals surface area contributed by atoms with E-state index in [1.807, 2.05) is 0 Å². The number of carboxylic acids is 1. The number of nitrogens with zero attached hydrogens (tertiary/aromatic N) is 1. The maximum atomic E-state index is 11.1. The number of hydrogen-bond donors (Lipinski definition) is 2. The Hall–Kier alpha value is -2.11. The van der Waals surface area contributed by atoms with Crippen molar-refractivity contribution in [1.82, 2.24) is 0 Å². The molecule has 1 fully saturated rings. The molecule has 1 aliphatic rings. The van der Waals surface area contributed by atoms with E-state index in [0.29, 0.717) is 12.8 Å². The van der Waals surface area contributed by atoms with Gasteiger partial charge in [0.1, 0.15) is 5.75 Å². The predicted molar refractivity (Wildman–Crippen MR) is 53.3 cm³/mol. The van der Waals surface area contributed by atoms with Crippen LogP contribution in [0.3, 0.4) is 0 Å². The van der Waals surface area contributed by atoms with Gasteiger partial charge in [0.2, 0.25) is 0 Å². The number of carbonyl (C=O) groups is 1. The first kappa shape index (κ1) is 10.4. The van der Waals surface area contributed by atoms with E-state index in [-0.39, 0.29) is 17.0 Å². The first-order valence-corrected chi connectivity index (χ1v) is 4.69. The fraction of sp³-hybridized carbons (Fsp3) is 0.300. The van der Waals surface area contributed by atoms with Crippen molar-refractivity contribution in [1.29, 1.82) is 0 Å².